The molecule has 0 saturated carbocycles. The Labute approximate surface area is 165 Å². The lowest BCUT2D eigenvalue weighted by molar-refractivity contribution is 1.50. The second kappa shape index (κ2) is 43.4. The van der Waals surface area contributed by atoms with Gasteiger partial charge in [0.2, 0.25) is 0 Å². The van der Waals surface area contributed by atoms with Crippen molar-refractivity contribution in [3.05, 3.63) is 109 Å². The molecule has 0 heterocycles. The quantitative estimate of drug-likeness (QED) is 0.377. The van der Waals surface area contributed by atoms with Gasteiger partial charge in [-0.25, -0.2) is 0 Å². The summed E-state index contributed by atoms with van der Waals surface area (Å²) in [6.45, 7) is 16.0. The fourth-order valence-corrected chi connectivity index (χ4v) is 1.15. The zero-order valence-corrected chi connectivity index (χ0v) is 18.4. The van der Waals surface area contributed by atoms with Crippen LogP contribution in [0.2, 0.25) is 0 Å². The standard InChI is InChI=1S/3C6H6.4C2H6/c3*1-2-4-6-5-3-1;4*1-2/h3*1-6H;4*1-2H3. The summed E-state index contributed by atoms with van der Waals surface area (Å²) in [6.07, 6.45) is 0. The van der Waals surface area contributed by atoms with E-state index in [1.807, 2.05) is 165 Å². The Kier molecular flexibility index (Phi) is 52.4. The summed E-state index contributed by atoms with van der Waals surface area (Å²) in [7, 11) is 0. The Balaban J connectivity index is -0.000000117. The van der Waals surface area contributed by atoms with Crippen molar-refractivity contribution in [2.24, 2.45) is 0 Å². The highest BCUT2D eigenvalue weighted by molar-refractivity contribution is 5.00. The van der Waals surface area contributed by atoms with Gasteiger partial charge >= 0.3 is 0 Å². The molecule has 0 fully saturated rings. The van der Waals surface area contributed by atoms with Crippen LogP contribution in [0.15, 0.2) is 109 Å². The molecular weight excluding hydrogens is 312 g/mol. The van der Waals surface area contributed by atoms with Gasteiger partial charge in [-0.1, -0.05) is 165 Å². The van der Waals surface area contributed by atoms with Gasteiger partial charge in [-0.05, 0) is 0 Å². The number of benzene rings is 3. The molecule has 3 aromatic rings. The first-order chi connectivity index (χ1) is 13.0. The van der Waals surface area contributed by atoms with Crippen molar-refractivity contribution in [1.82, 2.24) is 0 Å². The monoisotopic (exact) mass is 354 g/mol. The van der Waals surface area contributed by atoms with Crippen molar-refractivity contribution in [2.45, 2.75) is 55.4 Å². The molecule has 3 aromatic carbocycles. The second-order valence-corrected chi connectivity index (χ2v) is 3.46. The first-order valence-electron chi connectivity index (χ1n) is 10.0. The average Bonchev–Trinajstić information content (AvgIpc) is 2.83. The van der Waals surface area contributed by atoms with Gasteiger partial charge in [0.15, 0.2) is 0 Å². The van der Waals surface area contributed by atoms with Crippen LogP contribution in [-0.4, -0.2) is 0 Å². The molecule has 0 nitrogen and oxygen atoms in total. The first kappa shape index (κ1) is 31.4. The Morgan fingerprint density at radius 1 is 0.154 bits per heavy atom. The summed E-state index contributed by atoms with van der Waals surface area (Å²) in [5, 5.41) is 0. The molecule has 0 heteroatoms. The minimum atomic E-state index is 2.00. The van der Waals surface area contributed by atoms with Crippen molar-refractivity contribution in [3.8, 4) is 0 Å². The van der Waals surface area contributed by atoms with Crippen molar-refractivity contribution in [3.63, 3.8) is 0 Å². The maximum absolute atomic E-state index is 2.00. The van der Waals surface area contributed by atoms with E-state index in [1.165, 1.54) is 0 Å². The average molecular weight is 355 g/mol. The zero-order chi connectivity index (χ0) is 20.7. The van der Waals surface area contributed by atoms with Gasteiger partial charge in [0.1, 0.15) is 0 Å². The molecule has 0 radical (unpaired) electrons. The molecule has 0 aliphatic carbocycles. The SMILES string of the molecule is CC.CC.CC.CC.c1ccccc1.c1ccccc1.c1ccccc1. The fourth-order valence-electron chi connectivity index (χ4n) is 1.15. The van der Waals surface area contributed by atoms with Crippen LogP contribution in [0.3, 0.4) is 0 Å². The van der Waals surface area contributed by atoms with Crippen LogP contribution in [0.25, 0.3) is 0 Å². The van der Waals surface area contributed by atoms with E-state index >= 15 is 0 Å². The van der Waals surface area contributed by atoms with Gasteiger partial charge in [0, 0.05) is 0 Å². The van der Waals surface area contributed by atoms with Gasteiger partial charge < -0.3 is 0 Å². The molecule has 0 spiro atoms. The summed E-state index contributed by atoms with van der Waals surface area (Å²) in [4.78, 5) is 0. The summed E-state index contributed by atoms with van der Waals surface area (Å²) in [5.41, 5.74) is 0. The molecule has 0 saturated heterocycles. The van der Waals surface area contributed by atoms with Crippen LogP contribution >= 0.6 is 0 Å². The Bertz CT molecular complexity index is 291. The largest absolute Gasteiger partial charge is 0.0683 e. The minimum Gasteiger partial charge on any atom is -0.0683 e. The molecule has 26 heavy (non-hydrogen) atoms. The molecule has 0 bridgehead atoms. The summed E-state index contributed by atoms with van der Waals surface area (Å²) < 4.78 is 0. The normalized spacial score (nSPS) is 6.46. The molecule has 146 valence electrons. The molecule has 0 unspecified atom stereocenters. The van der Waals surface area contributed by atoms with E-state index in [0.29, 0.717) is 0 Å². The van der Waals surface area contributed by atoms with Crippen LogP contribution in [0.1, 0.15) is 55.4 Å². The fraction of sp³-hybridized carbons (Fsp3) is 0.308. The van der Waals surface area contributed by atoms with Crippen LogP contribution in [0.4, 0.5) is 0 Å². The van der Waals surface area contributed by atoms with E-state index < -0.39 is 0 Å². The van der Waals surface area contributed by atoms with Gasteiger partial charge in [-0.2, -0.15) is 0 Å². The summed E-state index contributed by atoms with van der Waals surface area (Å²) in [5.74, 6) is 0. The molecular formula is C26H42. The predicted molar refractivity (Wildman–Crippen MR) is 125 cm³/mol. The van der Waals surface area contributed by atoms with E-state index in [0.717, 1.165) is 0 Å². The lowest BCUT2D eigenvalue weighted by Crippen LogP contribution is -1.47. The highest BCUT2D eigenvalue weighted by atomic mass is 13.7. The highest BCUT2D eigenvalue weighted by Crippen LogP contribution is 1.81. The predicted octanol–water partition coefficient (Wildman–Crippen LogP) is 9.16. The third kappa shape index (κ3) is 37.7. The van der Waals surface area contributed by atoms with Gasteiger partial charge in [0.05, 0.1) is 0 Å². The number of rotatable bonds is 0. The maximum atomic E-state index is 2.00. The number of hydrogen-bond acceptors (Lipinski definition) is 0. The molecule has 0 aromatic heterocycles. The van der Waals surface area contributed by atoms with Gasteiger partial charge in [0.25, 0.3) is 0 Å². The Hall–Kier alpha value is -2.34. The van der Waals surface area contributed by atoms with Gasteiger partial charge in [-0.3, -0.25) is 0 Å². The van der Waals surface area contributed by atoms with E-state index in [9.17, 15) is 0 Å². The first-order valence-corrected chi connectivity index (χ1v) is 10.0. The van der Waals surface area contributed by atoms with Crippen molar-refractivity contribution >= 4 is 0 Å². The zero-order valence-electron chi connectivity index (χ0n) is 18.4. The lowest BCUT2D eigenvalue weighted by Gasteiger charge is -1.69. The Morgan fingerprint density at radius 2 is 0.192 bits per heavy atom. The topological polar surface area (TPSA) is 0 Å². The molecule has 0 aliphatic heterocycles. The van der Waals surface area contributed by atoms with E-state index in [4.69, 9.17) is 0 Å². The van der Waals surface area contributed by atoms with Crippen molar-refractivity contribution in [2.75, 3.05) is 0 Å². The van der Waals surface area contributed by atoms with Gasteiger partial charge in [-0.15, -0.1) is 0 Å². The van der Waals surface area contributed by atoms with Crippen LogP contribution < -0.4 is 0 Å². The molecule has 0 aliphatic rings. The smallest absolute Gasteiger partial charge is 0.0623 e. The minimum absolute atomic E-state index is 2.00. The highest BCUT2D eigenvalue weighted by Gasteiger charge is 1.59. The summed E-state index contributed by atoms with van der Waals surface area (Å²) >= 11 is 0. The van der Waals surface area contributed by atoms with Crippen molar-refractivity contribution in [1.29, 1.82) is 0 Å². The van der Waals surface area contributed by atoms with Crippen LogP contribution in [0.5, 0.6) is 0 Å². The second-order valence-electron chi connectivity index (χ2n) is 3.46. The molecule has 0 N–H and O–H groups in total. The van der Waals surface area contributed by atoms with E-state index in [1.54, 1.807) is 0 Å². The van der Waals surface area contributed by atoms with E-state index in [-0.39, 0.29) is 0 Å². The summed E-state index contributed by atoms with van der Waals surface area (Å²) in [6, 6.07) is 36.0. The molecule has 3 rings (SSSR count). The third-order valence-electron chi connectivity index (χ3n) is 2.00. The van der Waals surface area contributed by atoms with E-state index in [2.05, 4.69) is 0 Å². The lowest BCUT2D eigenvalue weighted by atomic mass is 10.4. The Morgan fingerprint density at radius 3 is 0.231 bits per heavy atom. The third-order valence-corrected chi connectivity index (χ3v) is 2.00. The maximum Gasteiger partial charge on any atom is -0.0623 e. The molecule has 0 atom stereocenters. The van der Waals surface area contributed by atoms with Crippen LogP contribution in [-0.2, 0) is 0 Å². The van der Waals surface area contributed by atoms with Crippen molar-refractivity contribution < 1.29 is 0 Å². The molecule has 0 amide bonds. The van der Waals surface area contributed by atoms with Crippen LogP contribution in [0, 0.1) is 0 Å². The number of hydrogen-bond donors (Lipinski definition) is 0.